The Morgan fingerprint density at radius 2 is 1.90 bits per heavy atom. The maximum Gasteiger partial charge on any atom is 0.243 e. The van der Waals surface area contributed by atoms with E-state index in [-0.39, 0.29) is 18.5 Å². The molecule has 0 radical (unpaired) electrons. The van der Waals surface area contributed by atoms with Crippen molar-refractivity contribution < 1.29 is 13.5 Å². The third-order valence-corrected chi connectivity index (χ3v) is 7.30. The summed E-state index contributed by atoms with van der Waals surface area (Å²) in [4.78, 5) is 0.327. The molecule has 1 N–H and O–H groups in total. The fraction of sp³-hybridized carbons (Fsp3) is 0.571. The molecule has 6 heteroatoms. The summed E-state index contributed by atoms with van der Waals surface area (Å²) < 4.78 is 27.5. The van der Waals surface area contributed by atoms with E-state index in [1.165, 1.54) is 4.31 Å². The normalized spacial score (nSPS) is 34.4. The molecule has 110 valence electrons. The number of fused-ring (bicyclic) bond motifs is 1. The minimum atomic E-state index is -3.50. The van der Waals surface area contributed by atoms with Crippen LogP contribution in [0.1, 0.15) is 18.4 Å². The number of alkyl halides is 1. The lowest BCUT2D eigenvalue weighted by Crippen LogP contribution is -2.36. The van der Waals surface area contributed by atoms with Gasteiger partial charge >= 0.3 is 0 Å². The molecule has 0 bridgehead atoms. The summed E-state index contributed by atoms with van der Waals surface area (Å²) in [7, 11) is -3.50. The second-order valence-corrected chi connectivity index (χ2v) is 9.41. The number of hydrogen-bond acceptors (Lipinski definition) is 3. The van der Waals surface area contributed by atoms with E-state index in [9.17, 15) is 13.5 Å². The molecule has 4 atom stereocenters. The largest absolute Gasteiger partial charge is 0.391 e. The highest BCUT2D eigenvalue weighted by atomic mass is 127. The van der Waals surface area contributed by atoms with Gasteiger partial charge in [-0.05, 0) is 31.9 Å². The molecule has 1 heterocycles. The van der Waals surface area contributed by atoms with Crippen molar-refractivity contribution in [2.24, 2.45) is 5.92 Å². The van der Waals surface area contributed by atoms with E-state index < -0.39 is 16.1 Å². The van der Waals surface area contributed by atoms with Gasteiger partial charge in [0.05, 0.1) is 11.0 Å². The van der Waals surface area contributed by atoms with E-state index in [4.69, 9.17) is 0 Å². The number of rotatable bonds is 2. The van der Waals surface area contributed by atoms with Gasteiger partial charge in [0, 0.05) is 22.4 Å². The Balaban J connectivity index is 1.94. The van der Waals surface area contributed by atoms with Gasteiger partial charge in [0.15, 0.2) is 0 Å². The van der Waals surface area contributed by atoms with E-state index in [0.717, 1.165) is 18.4 Å². The van der Waals surface area contributed by atoms with Crippen LogP contribution in [0.3, 0.4) is 0 Å². The van der Waals surface area contributed by atoms with Crippen molar-refractivity contribution >= 4 is 32.6 Å². The Kier molecular flexibility index (Phi) is 3.85. The standard InChI is InChI=1S/C14H18INO3S/c1-9-2-4-11(5-3-9)20(18,19)16-8-14(17)12-6-10(15)7-13(12)16/h2-5,10,12-14,17H,6-8H2,1H3/t10-,12-,13+,14?/m1/s1. The summed E-state index contributed by atoms with van der Waals surface area (Å²) >= 11 is 2.35. The summed E-state index contributed by atoms with van der Waals surface area (Å²) in [5, 5.41) is 10.1. The number of hydrogen-bond donors (Lipinski definition) is 1. The maximum absolute atomic E-state index is 12.8. The summed E-state index contributed by atoms with van der Waals surface area (Å²) in [5.41, 5.74) is 1.04. The molecule has 2 fully saturated rings. The van der Waals surface area contributed by atoms with Gasteiger partial charge < -0.3 is 5.11 Å². The average molecular weight is 407 g/mol. The average Bonchev–Trinajstić information content (AvgIpc) is 2.90. The summed E-state index contributed by atoms with van der Waals surface area (Å²) in [5.74, 6) is 0.0946. The quantitative estimate of drug-likeness (QED) is 0.603. The fourth-order valence-electron chi connectivity index (χ4n) is 3.31. The van der Waals surface area contributed by atoms with E-state index in [0.29, 0.717) is 8.82 Å². The predicted molar refractivity (Wildman–Crippen MR) is 85.4 cm³/mol. The highest BCUT2D eigenvalue weighted by molar-refractivity contribution is 14.1. The Labute approximate surface area is 133 Å². The molecule has 1 aromatic carbocycles. The fourth-order valence-corrected chi connectivity index (χ4v) is 6.11. The van der Waals surface area contributed by atoms with Crippen LogP contribution in [0.4, 0.5) is 0 Å². The number of benzene rings is 1. The Bertz CT molecular complexity index is 601. The minimum Gasteiger partial charge on any atom is -0.391 e. The van der Waals surface area contributed by atoms with Crippen molar-refractivity contribution in [1.29, 1.82) is 0 Å². The van der Waals surface area contributed by atoms with Crippen LogP contribution in [0.15, 0.2) is 29.2 Å². The number of halogens is 1. The van der Waals surface area contributed by atoms with Crippen LogP contribution in [0, 0.1) is 12.8 Å². The number of sulfonamides is 1. The summed E-state index contributed by atoms with van der Waals surface area (Å²) in [6, 6.07) is 6.89. The number of nitrogens with zero attached hydrogens (tertiary/aromatic N) is 1. The Morgan fingerprint density at radius 3 is 2.55 bits per heavy atom. The molecule has 1 saturated heterocycles. The van der Waals surface area contributed by atoms with Gasteiger partial charge in [-0.2, -0.15) is 4.31 Å². The third-order valence-electron chi connectivity index (χ3n) is 4.38. The van der Waals surface area contributed by atoms with Crippen molar-refractivity contribution in [2.75, 3.05) is 6.54 Å². The van der Waals surface area contributed by atoms with Crippen LogP contribution in [0.5, 0.6) is 0 Å². The van der Waals surface area contributed by atoms with E-state index in [1.807, 2.05) is 19.1 Å². The van der Waals surface area contributed by atoms with E-state index in [2.05, 4.69) is 22.6 Å². The zero-order chi connectivity index (χ0) is 14.5. The smallest absolute Gasteiger partial charge is 0.243 e. The lowest BCUT2D eigenvalue weighted by molar-refractivity contribution is 0.143. The third kappa shape index (κ3) is 2.40. The zero-order valence-electron chi connectivity index (χ0n) is 11.2. The molecule has 1 unspecified atom stereocenters. The summed E-state index contributed by atoms with van der Waals surface area (Å²) in [6.07, 6.45) is 1.22. The van der Waals surface area contributed by atoms with Gasteiger partial charge in [0.1, 0.15) is 0 Å². The van der Waals surface area contributed by atoms with Crippen molar-refractivity contribution in [2.45, 2.75) is 40.7 Å². The predicted octanol–water partition coefficient (Wildman–Crippen LogP) is 1.94. The molecule has 1 aromatic rings. The lowest BCUT2D eigenvalue weighted by atomic mass is 10.0. The van der Waals surface area contributed by atoms with Gasteiger partial charge in [0.25, 0.3) is 0 Å². The van der Waals surface area contributed by atoms with Crippen molar-refractivity contribution in [3.8, 4) is 0 Å². The molecule has 1 saturated carbocycles. The van der Waals surface area contributed by atoms with Crippen LogP contribution in [0.2, 0.25) is 0 Å². The molecule has 0 spiro atoms. The van der Waals surface area contributed by atoms with Crippen LogP contribution >= 0.6 is 22.6 Å². The first-order chi connectivity index (χ1) is 9.39. The lowest BCUT2D eigenvalue weighted by Gasteiger charge is -2.23. The number of β-amino-alcohol motifs (C(OH)–C–C–N with tert-alkyl or cyclic N) is 1. The van der Waals surface area contributed by atoms with Gasteiger partial charge in [-0.3, -0.25) is 0 Å². The summed E-state index contributed by atoms with van der Waals surface area (Å²) in [6.45, 7) is 2.17. The maximum atomic E-state index is 12.8. The van der Waals surface area contributed by atoms with Crippen LogP contribution in [0.25, 0.3) is 0 Å². The van der Waals surface area contributed by atoms with Gasteiger partial charge in [-0.15, -0.1) is 0 Å². The molecule has 0 amide bonds. The highest BCUT2D eigenvalue weighted by Crippen LogP contribution is 2.43. The van der Waals surface area contributed by atoms with Crippen molar-refractivity contribution in [3.63, 3.8) is 0 Å². The SMILES string of the molecule is Cc1ccc(S(=O)(=O)N2CC(O)[C@@H]3C[C@@H](I)C[C@@H]32)cc1. The monoisotopic (exact) mass is 407 g/mol. The molecule has 20 heavy (non-hydrogen) atoms. The highest BCUT2D eigenvalue weighted by Gasteiger charge is 2.51. The van der Waals surface area contributed by atoms with Crippen LogP contribution in [-0.4, -0.2) is 40.4 Å². The van der Waals surface area contributed by atoms with Gasteiger partial charge in [-0.1, -0.05) is 40.3 Å². The molecule has 1 aliphatic heterocycles. The Morgan fingerprint density at radius 1 is 1.25 bits per heavy atom. The first-order valence-electron chi connectivity index (χ1n) is 6.80. The van der Waals surface area contributed by atoms with Gasteiger partial charge in [-0.25, -0.2) is 8.42 Å². The molecule has 0 aromatic heterocycles. The van der Waals surface area contributed by atoms with Crippen LogP contribution in [-0.2, 0) is 10.0 Å². The van der Waals surface area contributed by atoms with E-state index >= 15 is 0 Å². The van der Waals surface area contributed by atoms with Crippen LogP contribution < -0.4 is 0 Å². The number of aryl methyl sites for hydroxylation is 1. The topological polar surface area (TPSA) is 57.6 Å². The second-order valence-electron chi connectivity index (χ2n) is 5.76. The zero-order valence-corrected chi connectivity index (χ0v) is 14.2. The molecule has 2 aliphatic rings. The number of aliphatic hydroxyl groups excluding tert-OH is 1. The Hall–Kier alpha value is -0.180. The van der Waals surface area contributed by atoms with E-state index in [1.54, 1.807) is 12.1 Å². The molecular formula is C14H18INO3S. The minimum absolute atomic E-state index is 0.0433. The molecule has 1 aliphatic carbocycles. The van der Waals surface area contributed by atoms with Crippen molar-refractivity contribution in [3.05, 3.63) is 29.8 Å². The number of aliphatic hydroxyl groups is 1. The molecular weight excluding hydrogens is 389 g/mol. The first-order valence-corrected chi connectivity index (χ1v) is 9.49. The first kappa shape index (κ1) is 14.7. The van der Waals surface area contributed by atoms with Crippen molar-refractivity contribution in [1.82, 2.24) is 4.31 Å². The molecule has 4 nitrogen and oxygen atoms in total. The van der Waals surface area contributed by atoms with Gasteiger partial charge in [0.2, 0.25) is 10.0 Å². The molecule has 3 rings (SSSR count). The second kappa shape index (κ2) is 5.23.